The van der Waals surface area contributed by atoms with Crippen LogP contribution in [0.25, 0.3) is 0 Å². The van der Waals surface area contributed by atoms with Crippen LogP contribution in [0.4, 0.5) is 0 Å². The quantitative estimate of drug-likeness (QED) is 0.882. The summed E-state index contributed by atoms with van der Waals surface area (Å²) in [7, 11) is 0. The number of hydrogen-bond acceptors (Lipinski definition) is 5. The summed E-state index contributed by atoms with van der Waals surface area (Å²) in [4.78, 5) is 0. The summed E-state index contributed by atoms with van der Waals surface area (Å²) >= 11 is 1.57. The van der Waals surface area contributed by atoms with Crippen LogP contribution in [0, 0.1) is 0 Å². The first-order chi connectivity index (χ1) is 8.25. The van der Waals surface area contributed by atoms with Gasteiger partial charge in [-0.3, -0.25) is 0 Å². The van der Waals surface area contributed by atoms with E-state index in [1.807, 2.05) is 25.1 Å². The number of rotatable bonds is 2. The summed E-state index contributed by atoms with van der Waals surface area (Å²) in [6.45, 7) is 2.57. The third-order valence-corrected chi connectivity index (χ3v) is 4.08. The zero-order valence-corrected chi connectivity index (χ0v) is 10.3. The van der Waals surface area contributed by atoms with Crippen LogP contribution >= 0.6 is 11.3 Å². The number of fused-ring (bicyclic) bond motifs is 1. The number of nitrogens with zero attached hydrogens (tertiary/aromatic N) is 2. The maximum Gasteiger partial charge on any atom is 0.133 e. The Hall–Kier alpha value is -1.46. The lowest BCUT2D eigenvalue weighted by atomic mass is 10.0. The molecule has 0 saturated carbocycles. The highest BCUT2D eigenvalue weighted by molar-refractivity contribution is 7.11. The van der Waals surface area contributed by atoms with Gasteiger partial charge in [0.2, 0.25) is 0 Å². The number of nitrogens with two attached hydrogens (primary N) is 1. The van der Waals surface area contributed by atoms with Crippen molar-refractivity contribution in [3.05, 3.63) is 39.8 Å². The molecular formula is C12H13N3OS. The molecule has 0 saturated heterocycles. The Balaban J connectivity index is 1.95. The Morgan fingerprint density at radius 3 is 3.00 bits per heavy atom. The molecule has 2 N–H and O–H groups in total. The van der Waals surface area contributed by atoms with E-state index in [-0.39, 0.29) is 12.0 Å². The van der Waals surface area contributed by atoms with Gasteiger partial charge in [-0.05, 0) is 13.0 Å². The Morgan fingerprint density at radius 1 is 1.41 bits per heavy atom. The van der Waals surface area contributed by atoms with E-state index < -0.39 is 0 Å². The van der Waals surface area contributed by atoms with Crippen molar-refractivity contribution in [3.63, 3.8) is 0 Å². The van der Waals surface area contributed by atoms with Crippen molar-refractivity contribution >= 4 is 11.3 Å². The molecule has 5 heteroatoms. The molecule has 0 fully saturated rings. The number of aromatic nitrogens is 2. The summed E-state index contributed by atoms with van der Waals surface area (Å²) in [5, 5.41) is 10.2. The van der Waals surface area contributed by atoms with E-state index in [4.69, 9.17) is 10.5 Å². The minimum Gasteiger partial charge on any atom is -0.492 e. The van der Waals surface area contributed by atoms with E-state index in [1.165, 1.54) is 5.56 Å². The van der Waals surface area contributed by atoms with E-state index >= 15 is 0 Å². The predicted molar refractivity (Wildman–Crippen MR) is 66.3 cm³/mol. The van der Waals surface area contributed by atoms with Gasteiger partial charge in [0.05, 0.1) is 12.0 Å². The first-order valence-corrected chi connectivity index (χ1v) is 6.38. The maximum atomic E-state index is 5.80. The van der Waals surface area contributed by atoms with Crippen molar-refractivity contribution in [3.8, 4) is 5.75 Å². The van der Waals surface area contributed by atoms with Crippen molar-refractivity contribution in [2.75, 3.05) is 6.61 Å². The van der Waals surface area contributed by atoms with E-state index in [0.29, 0.717) is 6.61 Å². The van der Waals surface area contributed by atoms with Gasteiger partial charge in [-0.1, -0.05) is 29.5 Å². The van der Waals surface area contributed by atoms with E-state index in [0.717, 1.165) is 15.8 Å². The van der Waals surface area contributed by atoms with Gasteiger partial charge in [0.25, 0.3) is 0 Å². The predicted octanol–water partition coefficient (Wildman–Crippen LogP) is 2.08. The van der Waals surface area contributed by atoms with Gasteiger partial charge in [0.1, 0.15) is 22.4 Å². The second kappa shape index (κ2) is 4.09. The van der Waals surface area contributed by atoms with Crippen molar-refractivity contribution in [1.82, 2.24) is 10.2 Å². The monoisotopic (exact) mass is 247 g/mol. The van der Waals surface area contributed by atoms with Crippen LogP contribution in [0.5, 0.6) is 5.75 Å². The van der Waals surface area contributed by atoms with Crippen LogP contribution < -0.4 is 10.5 Å². The van der Waals surface area contributed by atoms with Gasteiger partial charge in [-0.25, -0.2) is 0 Å². The average Bonchev–Trinajstić information content (AvgIpc) is 2.95. The average molecular weight is 247 g/mol. The minimum absolute atomic E-state index is 0.0567. The standard InChI is InChI=1S/C12H13N3OS/c1-7(13)11-14-15-12(17-11)9-6-16-10-5-3-2-4-8(9)10/h2-5,7,9H,6,13H2,1H3. The molecule has 0 aliphatic carbocycles. The smallest absolute Gasteiger partial charge is 0.133 e. The first kappa shape index (κ1) is 10.7. The molecule has 4 nitrogen and oxygen atoms in total. The van der Waals surface area contributed by atoms with Crippen molar-refractivity contribution < 1.29 is 4.74 Å². The molecule has 0 spiro atoms. The number of hydrogen-bond donors (Lipinski definition) is 1. The molecule has 2 atom stereocenters. The van der Waals surface area contributed by atoms with Crippen LogP contribution in [0.2, 0.25) is 0 Å². The summed E-state index contributed by atoms with van der Waals surface area (Å²) < 4.78 is 5.64. The van der Waals surface area contributed by atoms with Crippen LogP contribution in [0.1, 0.15) is 34.5 Å². The number of ether oxygens (including phenoxy) is 1. The van der Waals surface area contributed by atoms with Crippen LogP contribution in [0.3, 0.4) is 0 Å². The normalized spacial score (nSPS) is 19.8. The maximum absolute atomic E-state index is 5.80. The molecule has 0 radical (unpaired) electrons. The largest absolute Gasteiger partial charge is 0.492 e. The highest BCUT2D eigenvalue weighted by Crippen LogP contribution is 2.39. The molecule has 0 amide bonds. The van der Waals surface area contributed by atoms with Crippen LogP contribution in [-0.4, -0.2) is 16.8 Å². The summed E-state index contributed by atoms with van der Waals surface area (Å²) in [5.74, 6) is 1.16. The Kier molecular flexibility index (Phi) is 2.57. The summed E-state index contributed by atoms with van der Waals surface area (Å²) in [5.41, 5.74) is 6.99. The van der Waals surface area contributed by atoms with Gasteiger partial charge in [-0.2, -0.15) is 0 Å². The fourth-order valence-corrected chi connectivity index (χ4v) is 2.84. The minimum atomic E-state index is -0.0567. The molecule has 17 heavy (non-hydrogen) atoms. The van der Waals surface area contributed by atoms with E-state index in [9.17, 15) is 0 Å². The van der Waals surface area contributed by atoms with Crippen molar-refractivity contribution in [2.45, 2.75) is 18.9 Å². The molecule has 2 unspecified atom stereocenters. The SMILES string of the molecule is CC(N)c1nnc(C2COc3ccccc32)s1. The Morgan fingerprint density at radius 2 is 2.24 bits per heavy atom. The third-order valence-electron chi connectivity index (χ3n) is 2.84. The Bertz CT molecular complexity index is 538. The molecule has 88 valence electrons. The lowest BCUT2D eigenvalue weighted by molar-refractivity contribution is 0.342. The molecule has 1 aliphatic heterocycles. The zero-order valence-electron chi connectivity index (χ0n) is 9.46. The third kappa shape index (κ3) is 1.81. The second-order valence-electron chi connectivity index (χ2n) is 4.17. The Labute approximate surface area is 103 Å². The van der Waals surface area contributed by atoms with E-state index in [1.54, 1.807) is 11.3 Å². The molecule has 0 bridgehead atoms. The fraction of sp³-hybridized carbons (Fsp3) is 0.333. The van der Waals surface area contributed by atoms with E-state index in [2.05, 4.69) is 16.3 Å². The molecule has 2 aromatic rings. The van der Waals surface area contributed by atoms with Gasteiger partial charge in [0.15, 0.2) is 0 Å². The molecule has 1 aromatic heterocycles. The fourth-order valence-electron chi connectivity index (χ4n) is 1.94. The first-order valence-electron chi connectivity index (χ1n) is 5.56. The van der Waals surface area contributed by atoms with Crippen molar-refractivity contribution in [2.24, 2.45) is 5.73 Å². The molecule has 3 rings (SSSR count). The molecule has 2 heterocycles. The second-order valence-corrected chi connectivity index (χ2v) is 5.21. The summed E-state index contributed by atoms with van der Waals surface area (Å²) in [6, 6.07) is 8.02. The zero-order chi connectivity index (χ0) is 11.8. The van der Waals surface area contributed by atoms with Gasteiger partial charge >= 0.3 is 0 Å². The van der Waals surface area contributed by atoms with Gasteiger partial charge in [0, 0.05) is 5.56 Å². The van der Waals surface area contributed by atoms with Gasteiger partial charge < -0.3 is 10.5 Å². The molecular weight excluding hydrogens is 234 g/mol. The molecule has 1 aliphatic rings. The molecule has 1 aromatic carbocycles. The lowest BCUT2D eigenvalue weighted by Crippen LogP contribution is -2.03. The van der Waals surface area contributed by atoms with Crippen LogP contribution in [-0.2, 0) is 0 Å². The number of benzene rings is 1. The summed E-state index contributed by atoms with van der Waals surface area (Å²) in [6.07, 6.45) is 0. The van der Waals surface area contributed by atoms with Crippen molar-refractivity contribution in [1.29, 1.82) is 0 Å². The van der Waals surface area contributed by atoms with Gasteiger partial charge in [-0.15, -0.1) is 10.2 Å². The van der Waals surface area contributed by atoms with Crippen LogP contribution in [0.15, 0.2) is 24.3 Å². The highest BCUT2D eigenvalue weighted by atomic mass is 32.1. The lowest BCUT2D eigenvalue weighted by Gasteiger charge is -2.02. The topological polar surface area (TPSA) is 61.0 Å². The number of para-hydroxylation sites is 1. The highest BCUT2D eigenvalue weighted by Gasteiger charge is 2.28.